The van der Waals surface area contributed by atoms with Gasteiger partial charge in [-0.1, -0.05) is 32.6 Å². The lowest BCUT2D eigenvalue weighted by molar-refractivity contribution is 0.348. The lowest BCUT2D eigenvalue weighted by atomic mass is 10.2. The zero-order valence-corrected chi connectivity index (χ0v) is 10.3. The maximum atomic E-state index is 5.67. The summed E-state index contributed by atoms with van der Waals surface area (Å²) in [5.41, 5.74) is 2.37. The molecule has 2 nitrogen and oxygen atoms in total. The van der Waals surface area contributed by atoms with E-state index in [1.54, 1.807) is 0 Å². The van der Waals surface area contributed by atoms with Gasteiger partial charge in [-0.15, -0.1) is 0 Å². The Morgan fingerprint density at radius 1 is 1.38 bits per heavy atom. The van der Waals surface area contributed by atoms with Gasteiger partial charge in [-0.25, -0.2) is 0 Å². The monoisotopic (exact) mass is 219 g/mol. The Kier molecular flexibility index (Phi) is 5.65. The fourth-order valence-electron chi connectivity index (χ4n) is 1.39. The van der Waals surface area contributed by atoms with Gasteiger partial charge in [-0.05, 0) is 36.2 Å². The van der Waals surface area contributed by atoms with E-state index in [-0.39, 0.29) is 0 Å². The van der Waals surface area contributed by atoms with E-state index >= 15 is 0 Å². The van der Waals surface area contributed by atoms with E-state index < -0.39 is 0 Å². The molecule has 0 aliphatic carbocycles. The number of rotatable bonds is 7. The SMILES string of the molecule is C=C(CNCC)COc1cccc(CC)c1. The molecular weight excluding hydrogens is 198 g/mol. The minimum Gasteiger partial charge on any atom is -0.489 e. The minimum absolute atomic E-state index is 0.583. The minimum atomic E-state index is 0.583. The van der Waals surface area contributed by atoms with Crippen molar-refractivity contribution in [1.29, 1.82) is 0 Å². The van der Waals surface area contributed by atoms with Crippen molar-refractivity contribution in [1.82, 2.24) is 5.32 Å². The van der Waals surface area contributed by atoms with Gasteiger partial charge in [0, 0.05) is 6.54 Å². The van der Waals surface area contributed by atoms with Gasteiger partial charge in [0.25, 0.3) is 0 Å². The molecule has 0 saturated heterocycles. The first kappa shape index (κ1) is 12.8. The zero-order valence-electron chi connectivity index (χ0n) is 10.3. The van der Waals surface area contributed by atoms with Gasteiger partial charge in [-0.2, -0.15) is 0 Å². The number of hydrogen-bond acceptors (Lipinski definition) is 2. The first-order valence-electron chi connectivity index (χ1n) is 5.85. The molecule has 88 valence electrons. The highest BCUT2D eigenvalue weighted by Crippen LogP contribution is 2.14. The summed E-state index contributed by atoms with van der Waals surface area (Å²) in [5.74, 6) is 0.928. The number of benzene rings is 1. The van der Waals surface area contributed by atoms with Gasteiger partial charge in [0.15, 0.2) is 0 Å². The summed E-state index contributed by atoms with van der Waals surface area (Å²) in [6, 6.07) is 8.21. The van der Waals surface area contributed by atoms with Crippen LogP contribution in [0.25, 0.3) is 0 Å². The summed E-state index contributed by atoms with van der Waals surface area (Å²) in [7, 11) is 0. The van der Waals surface area contributed by atoms with Crippen LogP contribution in [0, 0.1) is 0 Å². The Balaban J connectivity index is 2.38. The van der Waals surface area contributed by atoms with Crippen LogP contribution in [0.1, 0.15) is 19.4 Å². The number of nitrogens with one attached hydrogen (secondary N) is 1. The predicted octanol–water partition coefficient (Wildman–Crippen LogP) is 2.79. The van der Waals surface area contributed by atoms with Crippen molar-refractivity contribution in [2.24, 2.45) is 0 Å². The van der Waals surface area contributed by atoms with Crippen LogP contribution in [-0.4, -0.2) is 19.7 Å². The van der Waals surface area contributed by atoms with Crippen molar-refractivity contribution in [2.75, 3.05) is 19.7 Å². The summed E-state index contributed by atoms with van der Waals surface area (Å²) < 4.78 is 5.67. The van der Waals surface area contributed by atoms with E-state index in [1.165, 1.54) is 5.56 Å². The molecule has 0 radical (unpaired) electrons. The first-order valence-corrected chi connectivity index (χ1v) is 5.85. The van der Waals surface area contributed by atoms with E-state index in [9.17, 15) is 0 Å². The molecule has 0 aliphatic rings. The van der Waals surface area contributed by atoms with Crippen molar-refractivity contribution < 1.29 is 4.74 Å². The second-order valence-corrected chi connectivity index (χ2v) is 3.82. The maximum absolute atomic E-state index is 5.67. The molecule has 1 rings (SSSR count). The molecular formula is C14H21NO. The Morgan fingerprint density at radius 3 is 2.88 bits per heavy atom. The highest BCUT2D eigenvalue weighted by Gasteiger charge is 1.97. The van der Waals surface area contributed by atoms with Crippen LogP contribution in [0.5, 0.6) is 5.75 Å². The van der Waals surface area contributed by atoms with E-state index in [2.05, 4.69) is 37.9 Å². The number of likely N-dealkylation sites (N-methyl/N-ethyl adjacent to an activating group) is 1. The quantitative estimate of drug-likeness (QED) is 0.712. The molecule has 1 aromatic carbocycles. The topological polar surface area (TPSA) is 21.3 Å². The van der Waals surface area contributed by atoms with Crippen LogP contribution >= 0.6 is 0 Å². The highest BCUT2D eigenvalue weighted by molar-refractivity contribution is 5.28. The van der Waals surface area contributed by atoms with Crippen molar-refractivity contribution in [3.8, 4) is 5.75 Å². The molecule has 0 heterocycles. The molecule has 0 bridgehead atoms. The van der Waals surface area contributed by atoms with Crippen LogP contribution in [0.4, 0.5) is 0 Å². The summed E-state index contributed by atoms with van der Waals surface area (Å²) in [6.45, 7) is 10.6. The van der Waals surface area contributed by atoms with Gasteiger partial charge in [0.05, 0.1) is 0 Å². The van der Waals surface area contributed by atoms with E-state index in [0.29, 0.717) is 6.61 Å². The number of hydrogen-bond donors (Lipinski definition) is 1. The fourth-order valence-corrected chi connectivity index (χ4v) is 1.39. The molecule has 0 amide bonds. The van der Waals surface area contributed by atoms with Gasteiger partial charge in [-0.3, -0.25) is 0 Å². The molecule has 0 saturated carbocycles. The lowest BCUT2D eigenvalue weighted by Gasteiger charge is -2.09. The Labute approximate surface area is 98.3 Å². The van der Waals surface area contributed by atoms with Gasteiger partial charge in [0.2, 0.25) is 0 Å². The predicted molar refractivity (Wildman–Crippen MR) is 69.0 cm³/mol. The maximum Gasteiger partial charge on any atom is 0.120 e. The van der Waals surface area contributed by atoms with Crippen LogP contribution in [0.2, 0.25) is 0 Å². The van der Waals surface area contributed by atoms with Crippen LogP contribution in [0.15, 0.2) is 36.4 Å². The molecule has 0 fully saturated rings. The zero-order chi connectivity index (χ0) is 11.8. The molecule has 16 heavy (non-hydrogen) atoms. The van der Waals surface area contributed by atoms with Crippen molar-refractivity contribution in [2.45, 2.75) is 20.3 Å². The fraction of sp³-hybridized carbons (Fsp3) is 0.429. The van der Waals surface area contributed by atoms with E-state index in [1.807, 2.05) is 12.1 Å². The largest absolute Gasteiger partial charge is 0.489 e. The molecule has 0 atom stereocenters. The summed E-state index contributed by atoms with van der Waals surface area (Å²) >= 11 is 0. The molecule has 0 aromatic heterocycles. The average molecular weight is 219 g/mol. The second-order valence-electron chi connectivity index (χ2n) is 3.82. The smallest absolute Gasteiger partial charge is 0.120 e. The van der Waals surface area contributed by atoms with Crippen molar-refractivity contribution >= 4 is 0 Å². The standard InChI is InChI=1S/C14H21NO/c1-4-13-7-6-8-14(9-13)16-11-12(3)10-15-5-2/h6-9,15H,3-5,10-11H2,1-2H3. The highest BCUT2D eigenvalue weighted by atomic mass is 16.5. The van der Waals surface area contributed by atoms with Crippen LogP contribution in [0.3, 0.4) is 0 Å². The Hall–Kier alpha value is -1.28. The summed E-state index contributed by atoms with van der Waals surface area (Å²) in [4.78, 5) is 0. The number of ether oxygens (including phenoxy) is 1. The van der Waals surface area contributed by atoms with Crippen molar-refractivity contribution in [3.05, 3.63) is 42.0 Å². The molecule has 1 N–H and O–H groups in total. The average Bonchev–Trinajstić information content (AvgIpc) is 2.34. The van der Waals surface area contributed by atoms with Crippen LogP contribution < -0.4 is 10.1 Å². The Bertz CT molecular complexity index is 333. The summed E-state index contributed by atoms with van der Waals surface area (Å²) in [5, 5.41) is 3.23. The molecule has 0 unspecified atom stereocenters. The molecule has 0 spiro atoms. The van der Waals surface area contributed by atoms with Gasteiger partial charge in [0.1, 0.15) is 12.4 Å². The van der Waals surface area contributed by atoms with Gasteiger partial charge >= 0.3 is 0 Å². The third-order valence-electron chi connectivity index (χ3n) is 2.37. The van der Waals surface area contributed by atoms with Crippen LogP contribution in [-0.2, 0) is 6.42 Å². The van der Waals surface area contributed by atoms with Gasteiger partial charge < -0.3 is 10.1 Å². The normalized spacial score (nSPS) is 10.1. The third kappa shape index (κ3) is 4.49. The Morgan fingerprint density at radius 2 is 2.19 bits per heavy atom. The first-order chi connectivity index (χ1) is 7.76. The van der Waals surface area contributed by atoms with E-state index in [0.717, 1.165) is 30.8 Å². The third-order valence-corrected chi connectivity index (χ3v) is 2.37. The molecule has 1 aromatic rings. The number of aryl methyl sites for hydroxylation is 1. The van der Waals surface area contributed by atoms with Crippen molar-refractivity contribution in [3.63, 3.8) is 0 Å². The lowest BCUT2D eigenvalue weighted by Crippen LogP contribution is -2.18. The second kappa shape index (κ2) is 7.07. The van der Waals surface area contributed by atoms with E-state index in [4.69, 9.17) is 4.74 Å². The summed E-state index contributed by atoms with van der Waals surface area (Å²) in [6.07, 6.45) is 1.04. The molecule has 0 aliphatic heterocycles. The molecule has 2 heteroatoms.